The van der Waals surface area contributed by atoms with Gasteiger partial charge in [-0.1, -0.05) is 13.8 Å². The summed E-state index contributed by atoms with van der Waals surface area (Å²) >= 11 is 6.89. The predicted molar refractivity (Wildman–Crippen MR) is 132 cm³/mol. The maximum Gasteiger partial charge on any atom is 0.323 e. The molecule has 33 heavy (non-hydrogen) atoms. The minimum atomic E-state index is -1.18. The van der Waals surface area contributed by atoms with Gasteiger partial charge in [0.05, 0.1) is 8.95 Å². The van der Waals surface area contributed by atoms with Crippen molar-refractivity contribution in [1.29, 1.82) is 0 Å². The Morgan fingerprint density at radius 3 is 2.12 bits per heavy atom. The van der Waals surface area contributed by atoms with Gasteiger partial charge in [0, 0.05) is 16.8 Å². The van der Waals surface area contributed by atoms with Gasteiger partial charge in [0.1, 0.15) is 23.8 Å². The van der Waals surface area contributed by atoms with Gasteiger partial charge in [-0.3, -0.25) is 14.5 Å². The Hall–Kier alpha value is -3.04. The molecule has 0 aromatic heterocycles. The summed E-state index contributed by atoms with van der Waals surface area (Å²) in [5.74, 6) is -0.510. The highest BCUT2D eigenvalue weighted by atomic mass is 79.9. The van der Waals surface area contributed by atoms with Gasteiger partial charge in [-0.15, -0.1) is 0 Å². The quantitative estimate of drug-likeness (QED) is 0.305. The fourth-order valence-corrected chi connectivity index (χ4v) is 4.48. The molecule has 3 rings (SSSR count). The summed E-state index contributed by atoms with van der Waals surface area (Å²) in [4.78, 5) is 25.6. The third kappa shape index (κ3) is 5.85. The zero-order valence-electron chi connectivity index (χ0n) is 17.8. The van der Waals surface area contributed by atoms with Crippen LogP contribution in [-0.4, -0.2) is 33.7 Å². The number of carboxylic acids is 1. The molecule has 172 valence electrons. The molecular weight excluding hydrogens is 558 g/mol. The summed E-state index contributed by atoms with van der Waals surface area (Å²) in [7, 11) is 0. The first-order valence-electron chi connectivity index (χ1n) is 9.89. The molecule has 0 heterocycles. The molecule has 0 saturated heterocycles. The van der Waals surface area contributed by atoms with Crippen molar-refractivity contribution < 1.29 is 29.6 Å². The second-order valence-corrected chi connectivity index (χ2v) is 9.26. The third-order valence-corrected chi connectivity index (χ3v) is 5.97. The van der Waals surface area contributed by atoms with E-state index in [0.29, 0.717) is 26.1 Å². The van der Waals surface area contributed by atoms with Gasteiger partial charge in [0.15, 0.2) is 5.75 Å². The van der Waals surface area contributed by atoms with Crippen LogP contribution in [0.2, 0.25) is 0 Å². The van der Waals surface area contributed by atoms with E-state index in [4.69, 9.17) is 4.74 Å². The van der Waals surface area contributed by atoms with Crippen molar-refractivity contribution in [3.63, 3.8) is 0 Å². The molecule has 0 radical (unpaired) electrons. The molecule has 0 fully saturated rings. The lowest BCUT2D eigenvalue weighted by molar-refractivity contribution is -0.135. The van der Waals surface area contributed by atoms with E-state index >= 15 is 0 Å². The molecule has 0 aliphatic heterocycles. The Morgan fingerprint density at radius 2 is 1.58 bits per heavy atom. The highest BCUT2D eigenvalue weighted by molar-refractivity contribution is 9.11. The van der Waals surface area contributed by atoms with E-state index in [2.05, 4.69) is 31.9 Å². The lowest BCUT2D eigenvalue weighted by Gasteiger charge is -2.23. The number of hydrogen-bond acceptors (Lipinski definition) is 5. The molecule has 0 spiro atoms. The normalized spacial score (nSPS) is 10.8. The zero-order valence-corrected chi connectivity index (χ0v) is 20.9. The molecule has 0 unspecified atom stereocenters. The van der Waals surface area contributed by atoms with Crippen LogP contribution in [0.4, 0.5) is 5.69 Å². The first kappa shape index (κ1) is 24.6. The number of hydrogen-bond donors (Lipinski definition) is 3. The number of rotatable bonds is 7. The van der Waals surface area contributed by atoms with Crippen LogP contribution < -0.4 is 9.64 Å². The molecule has 0 aliphatic carbocycles. The van der Waals surface area contributed by atoms with Crippen molar-refractivity contribution in [3.8, 4) is 23.0 Å². The Labute approximate surface area is 207 Å². The van der Waals surface area contributed by atoms with Crippen molar-refractivity contribution in [2.45, 2.75) is 19.8 Å². The van der Waals surface area contributed by atoms with Gasteiger partial charge in [0.25, 0.3) is 5.91 Å². The Morgan fingerprint density at radius 1 is 0.970 bits per heavy atom. The fraction of sp³-hybridized carbons (Fsp3) is 0.167. The first-order chi connectivity index (χ1) is 15.6. The van der Waals surface area contributed by atoms with Crippen LogP contribution in [-0.2, 0) is 4.79 Å². The maximum atomic E-state index is 13.0. The van der Waals surface area contributed by atoms with Gasteiger partial charge < -0.3 is 20.1 Å². The number of halogens is 2. The van der Waals surface area contributed by atoms with Crippen molar-refractivity contribution in [2.24, 2.45) is 0 Å². The number of phenolic OH excluding ortho intramolecular Hbond substituents is 2. The summed E-state index contributed by atoms with van der Waals surface area (Å²) in [5.41, 5.74) is 1.30. The smallest absolute Gasteiger partial charge is 0.323 e. The van der Waals surface area contributed by atoms with Crippen LogP contribution in [0.25, 0.3) is 0 Å². The molecular formula is C24H21Br2NO6. The van der Waals surface area contributed by atoms with E-state index in [1.54, 1.807) is 30.3 Å². The number of aromatic hydroxyl groups is 2. The second-order valence-electron chi connectivity index (χ2n) is 7.55. The predicted octanol–water partition coefficient (Wildman–Crippen LogP) is 6.27. The molecule has 3 aromatic rings. The lowest BCUT2D eigenvalue weighted by Crippen LogP contribution is -2.35. The van der Waals surface area contributed by atoms with Crippen molar-refractivity contribution in [3.05, 3.63) is 74.7 Å². The van der Waals surface area contributed by atoms with E-state index in [1.165, 1.54) is 24.3 Å². The van der Waals surface area contributed by atoms with Crippen molar-refractivity contribution in [1.82, 2.24) is 0 Å². The number of aliphatic carboxylic acids is 1. The SMILES string of the molecule is CC(C)c1cc(Oc2c(Br)cc(N(CC(=O)O)C(=O)c3ccc(O)cc3)cc2Br)ccc1O. The van der Waals surface area contributed by atoms with E-state index in [-0.39, 0.29) is 23.0 Å². The van der Waals surface area contributed by atoms with Crippen LogP contribution >= 0.6 is 31.9 Å². The molecule has 3 aromatic carbocycles. The zero-order chi connectivity index (χ0) is 24.3. The third-order valence-electron chi connectivity index (χ3n) is 4.79. The van der Waals surface area contributed by atoms with Crippen LogP contribution in [0.1, 0.15) is 35.7 Å². The standard InChI is InChI=1S/C24H21Br2NO6/c1-13(2)18-11-17(7-8-21(18)29)33-23-19(25)9-15(10-20(23)26)27(12-22(30)31)24(32)14-3-5-16(28)6-4-14/h3-11,13,28-29H,12H2,1-2H3,(H,30,31). The van der Waals surface area contributed by atoms with E-state index in [1.807, 2.05) is 13.8 Å². The highest BCUT2D eigenvalue weighted by Crippen LogP contribution is 2.41. The summed E-state index contributed by atoms with van der Waals surface area (Å²) in [6.07, 6.45) is 0. The minimum Gasteiger partial charge on any atom is -0.508 e. The van der Waals surface area contributed by atoms with Crippen LogP contribution in [0.15, 0.2) is 63.5 Å². The van der Waals surface area contributed by atoms with E-state index in [0.717, 1.165) is 10.5 Å². The molecule has 0 saturated carbocycles. The fourth-order valence-electron chi connectivity index (χ4n) is 3.15. The molecule has 3 N–H and O–H groups in total. The highest BCUT2D eigenvalue weighted by Gasteiger charge is 2.23. The summed E-state index contributed by atoms with van der Waals surface area (Å²) in [6, 6.07) is 13.7. The molecule has 1 amide bonds. The monoisotopic (exact) mass is 577 g/mol. The number of ether oxygens (including phenoxy) is 1. The lowest BCUT2D eigenvalue weighted by atomic mass is 10.0. The van der Waals surface area contributed by atoms with Crippen LogP contribution in [0.3, 0.4) is 0 Å². The van der Waals surface area contributed by atoms with Crippen LogP contribution in [0.5, 0.6) is 23.0 Å². The first-order valence-corrected chi connectivity index (χ1v) is 11.5. The summed E-state index contributed by atoms with van der Waals surface area (Å²) in [6.45, 7) is 3.36. The number of benzene rings is 3. The number of amides is 1. The Balaban J connectivity index is 1.96. The number of nitrogens with zero attached hydrogens (tertiary/aromatic N) is 1. The maximum absolute atomic E-state index is 13.0. The summed E-state index contributed by atoms with van der Waals surface area (Å²) in [5, 5.41) is 28.9. The number of phenols is 2. The van der Waals surface area contributed by atoms with E-state index in [9.17, 15) is 24.9 Å². The topological polar surface area (TPSA) is 107 Å². The number of carbonyl (C=O) groups is 2. The molecule has 0 atom stereocenters. The molecule has 9 heteroatoms. The van der Waals surface area contributed by atoms with Crippen molar-refractivity contribution in [2.75, 3.05) is 11.4 Å². The van der Waals surface area contributed by atoms with E-state index < -0.39 is 18.4 Å². The number of carboxylic acid groups (broad SMARTS) is 1. The molecule has 7 nitrogen and oxygen atoms in total. The van der Waals surface area contributed by atoms with Crippen molar-refractivity contribution >= 4 is 49.4 Å². The van der Waals surface area contributed by atoms with Gasteiger partial charge in [-0.05, 0) is 92.4 Å². The minimum absolute atomic E-state index is 0.00169. The van der Waals surface area contributed by atoms with Gasteiger partial charge >= 0.3 is 5.97 Å². The average molecular weight is 579 g/mol. The Bertz CT molecular complexity index is 1170. The Kier molecular flexibility index (Phi) is 7.65. The van der Waals surface area contributed by atoms with Crippen LogP contribution in [0, 0.1) is 0 Å². The number of anilines is 1. The average Bonchev–Trinajstić information content (AvgIpc) is 2.75. The number of carbonyl (C=O) groups excluding carboxylic acids is 1. The molecule has 0 bridgehead atoms. The largest absolute Gasteiger partial charge is 0.508 e. The summed E-state index contributed by atoms with van der Waals surface area (Å²) < 4.78 is 6.98. The van der Waals surface area contributed by atoms with Gasteiger partial charge in [0.2, 0.25) is 0 Å². The van der Waals surface area contributed by atoms with Gasteiger partial charge in [-0.2, -0.15) is 0 Å². The van der Waals surface area contributed by atoms with Gasteiger partial charge in [-0.25, -0.2) is 0 Å². The molecule has 0 aliphatic rings. The second kappa shape index (κ2) is 10.3.